The molecule has 4 rings (SSSR count). The van der Waals surface area contributed by atoms with Gasteiger partial charge in [0.1, 0.15) is 17.7 Å². The maximum atomic E-state index is 14.5. The van der Waals surface area contributed by atoms with Crippen molar-refractivity contribution in [2.75, 3.05) is 11.9 Å². The first-order chi connectivity index (χ1) is 15.0. The van der Waals surface area contributed by atoms with Crippen LogP contribution in [0.15, 0.2) is 36.5 Å². The quantitative estimate of drug-likeness (QED) is 0.560. The topological polar surface area (TPSA) is 99.4 Å². The van der Waals surface area contributed by atoms with Gasteiger partial charge >= 0.3 is 6.09 Å². The van der Waals surface area contributed by atoms with Gasteiger partial charge in [0.25, 0.3) is 0 Å². The van der Waals surface area contributed by atoms with Crippen LogP contribution in [0.25, 0.3) is 22.0 Å². The Morgan fingerprint density at radius 2 is 2.16 bits per heavy atom. The number of nitrogens with one attached hydrogen (secondary N) is 1. The lowest BCUT2D eigenvalue weighted by Crippen LogP contribution is -2.34. The molecule has 3 aromatic rings. The Balaban J connectivity index is 1.61. The van der Waals surface area contributed by atoms with E-state index in [1.807, 2.05) is 6.92 Å². The summed E-state index contributed by atoms with van der Waals surface area (Å²) in [5.74, 6) is 0.419. The smallest absolute Gasteiger partial charge is 0.404 e. The van der Waals surface area contributed by atoms with E-state index < -0.39 is 11.9 Å². The van der Waals surface area contributed by atoms with Crippen molar-refractivity contribution >= 4 is 34.5 Å². The van der Waals surface area contributed by atoms with Gasteiger partial charge in [-0.2, -0.15) is 0 Å². The molecule has 31 heavy (non-hydrogen) atoms. The van der Waals surface area contributed by atoms with E-state index in [1.54, 1.807) is 24.4 Å². The fourth-order valence-corrected chi connectivity index (χ4v) is 4.19. The first kappa shape index (κ1) is 21.1. The summed E-state index contributed by atoms with van der Waals surface area (Å²) in [7, 11) is 0. The first-order valence-corrected chi connectivity index (χ1v) is 10.4. The second kappa shape index (κ2) is 8.93. The van der Waals surface area contributed by atoms with Gasteiger partial charge in [0.05, 0.1) is 23.2 Å². The molecule has 2 aromatic carbocycles. The van der Waals surface area contributed by atoms with E-state index in [0.717, 1.165) is 24.6 Å². The molecule has 0 radical (unpaired) electrons. The third-order valence-electron chi connectivity index (χ3n) is 5.26. The number of nitrogens with two attached hydrogens (primary N) is 1. The highest BCUT2D eigenvalue weighted by molar-refractivity contribution is 6.34. The number of halogens is 2. The number of ether oxygens (including phenoxy) is 2. The molecular formula is C22H22ClFN4O3. The van der Waals surface area contributed by atoms with Gasteiger partial charge in [0.15, 0.2) is 0 Å². The Morgan fingerprint density at radius 1 is 1.32 bits per heavy atom. The molecule has 1 fully saturated rings. The van der Waals surface area contributed by atoms with Gasteiger partial charge in [-0.25, -0.2) is 19.2 Å². The maximum Gasteiger partial charge on any atom is 0.404 e. The summed E-state index contributed by atoms with van der Waals surface area (Å²) >= 11 is 6.40. The lowest BCUT2D eigenvalue weighted by Gasteiger charge is -2.20. The van der Waals surface area contributed by atoms with Crippen LogP contribution >= 0.6 is 11.6 Å². The Hall–Kier alpha value is -3.13. The van der Waals surface area contributed by atoms with E-state index in [0.29, 0.717) is 29.4 Å². The fourth-order valence-electron chi connectivity index (χ4n) is 3.87. The Labute approximate surface area is 183 Å². The summed E-state index contributed by atoms with van der Waals surface area (Å²) in [5, 5.41) is 4.18. The normalized spacial score (nSPS) is 18.2. The minimum absolute atomic E-state index is 0.0987. The first-order valence-electron chi connectivity index (χ1n) is 10.1. The number of carbonyl (C=O) groups excluding carboxylic acids is 1. The van der Waals surface area contributed by atoms with E-state index in [4.69, 9.17) is 26.8 Å². The lowest BCUT2D eigenvalue weighted by molar-refractivity contribution is 0.104. The molecule has 1 saturated carbocycles. The van der Waals surface area contributed by atoms with Crippen molar-refractivity contribution in [2.45, 2.75) is 38.3 Å². The summed E-state index contributed by atoms with van der Waals surface area (Å²) in [4.78, 5) is 20.0. The number of rotatable bonds is 6. The predicted molar refractivity (Wildman–Crippen MR) is 117 cm³/mol. The van der Waals surface area contributed by atoms with Crippen LogP contribution in [0, 0.1) is 5.82 Å². The molecule has 1 aliphatic rings. The highest BCUT2D eigenvalue weighted by atomic mass is 35.5. The van der Waals surface area contributed by atoms with Crippen LogP contribution in [0.1, 0.15) is 26.2 Å². The van der Waals surface area contributed by atoms with Crippen LogP contribution in [0.2, 0.25) is 5.02 Å². The second-order valence-corrected chi connectivity index (χ2v) is 7.67. The molecule has 1 aromatic heterocycles. The largest absolute Gasteiger partial charge is 0.492 e. The number of hydrogen-bond donors (Lipinski definition) is 2. The molecule has 162 valence electrons. The minimum atomic E-state index is -0.787. The van der Waals surface area contributed by atoms with Gasteiger partial charge in [0, 0.05) is 17.1 Å². The molecule has 9 heteroatoms. The number of carbonyl (C=O) groups is 1. The zero-order valence-corrected chi connectivity index (χ0v) is 17.7. The monoisotopic (exact) mass is 444 g/mol. The molecule has 2 atom stereocenters. The van der Waals surface area contributed by atoms with Crippen molar-refractivity contribution in [1.82, 2.24) is 9.97 Å². The zero-order chi connectivity index (χ0) is 22.0. The van der Waals surface area contributed by atoms with E-state index >= 15 is 0 Å². The number of hydrogen-bond acceptors (Lipinski definition) is 6. The number of anilines is 1. The molecule has 0 aliphatic heterocycles. The fraction of sp³-hybridized carbons (Fsp3) is 0.318. The maximum absolute atomic E-state index is 14.5. The van der Waals surface area contributed by atoms with Crippen LogP contribution < -0.4 is 15.8 Å². The second-order valence-electron chi connectivity index (χ2n) is 7.29. The Kier molecular flexibility index (Phi) is 6.08. The average molecular weight is 445 g/mol. The number of aromatic nitrogens is 2. The van der Waals surface area contributed by atoms with E-state index in [1.165, 1.54) is 12.1 Å². The summed E-state index contributed by atoms with van der Waals surface area (Å²) in [6.45, 7) is 2.27. The van der Waals surface area contributed by atoms with E-state index in [9.17, 15) is 9.18 Å². The zero-order valence-electron chi connectivity index (χ0n) is 16.9. The molecule has 0 unspecified atom stereocenters. The number of primary amides is 1. The Morgan fingerprint density at radius 3 is 2.94 bits per heavy atom. The van der Waals surface area contributed by atoms with Crippen LogP contribution in [0.3, 0.4) is 0 Å². The summed E-state index contributed by atoms with van der Waals surface area (Å²) in [6, 6.07) is 8.09. The third kappa shape index (κ3) is 4.49. The van der Waals surface area contributed by atoms with Gasteiger partial charge in [0.2, 0.25) is 5.95 Å². The summed E-state index contributed by atoms with van der Waals surface area (Å²) in [6.07, 6.45) is 3.05. The molecule has 1 heterocycles. The molecular weight excluding hydrogens is 423 g/mol. The summed E-state index contributed by atoms with van der Waals surface area (Å²) in [5.41, 5.74) is 6.71. The standard InChI is InChI=1S/C22H22ClFN4O3/c1-2-30-18-9-7-14(24)19(20(18)23)12-6-8-15-13(10-12)11-26-22(27-15)28-16-4-3-5-17(16)31-21(25)29/h6-11,16-17H,2-5H2,1H3,(H2,25,29)(H,26,27,28)/t16-,17+/m1/s1. The SMILES string of the molecule is CCOc1ccc(F)c(-c2ccc3nc(N[C@@H]4CCC[C@@H]4OC(N)=O)ncc3c2)c1Cl. The average Bonchev–Trinajstić information content (AvgIpc) is 3.16. The van der Waals surface area contributed by atoms with Crippen LogP contribution in [0.4, 0.5) is 15.1 Å². The van der Waals surface area contributed by atoms with Gasteiger partial charge in [-0.15, -0.1) is 0 Å². The highest BCUT2D eigenvalue weighted by Crippen LogP contribution is 2.38. The van der Waals surface area contributed by atoms with E-state index in [-0.39, 0.29) is 22.7 Å². The van der Waals surface area contributed by atoms with Crippen molar-refractivity contribution < 1.29 is 18.7 Å². The van der Waals surface area contributed by atoms with Crippen molar-refractivity contribution in [2.24, 2.45) is 5.73 Å². The molecule has 0 bridgehead atoms. The van der Waals surface area contributed by atoms with E-state index in [2.05, 4.69) is 15.3 Å². The lowest BCUT2D eigenvalue weighted by atomic mass is 10.0. The molecule has 0 spiro atoms. The number of amides is 1. The van der Waals surface area contributed by atoms with Crippen LogP contribution in [-0.4, -0.2) is 34.8 Å². The minimum Gasteiger partial charge on any atom is -0.492 e. The number of fused-ring (bicyclic) bond motifs is 1. The predicted octanol–water partition coefficient (Wildman–Crippen LogP) is 4.92. The number of benzene rings is 2. The van der Waals surface area contributed by atoms with Crippen molar-refractivity contribution in [3.63, 3.8) is 0 Å². The van der Waals surface area contributed by atoms with Crippen LogP contribution in [0.5, 0.6) is 5.75 Å². The molecule has 7 nitrogen and oxygen atoms in total. The third-order valence-corrected chi connectivity index (χ3v) is 5.63. The van der Waals surface area contributed by atoms with Gasteiger partial charge in [-0.3, -0.25) is 0 Å². The molecule has 0 saturated heterocycles. The summed E-state index contributed by atoms with van der Waals surface area (Å²) < 4.78 is 25.2. The highest BCUT2D eigenvalue weighted by Gasteiger charge is 2.30. The van der Waals surface area contributed by atoms with Gasteiger partial charge < -0.3 is 20.5 Å². The van der Waals surface area contributed by atoms with Gasteiger partial charge in [-0.05, 0) is 56.0 Å². The van der Waals surface area contributed by atoms with Gasteiger partial charge in [-0.1, -0.05) is 17.7 Å². The molecule has 1 amide bonds. The number of nitrogens with zero attached hydrogens (tertiary/aromatic N) is 2. The molecule has 3 N–H and O–H groups in total. The Bertz CT molecular complexity index is 1130. The van der Waals surface area contributed by atoms with Crippen molar-refractivity contribution in [3.05, 3.63) is 47.4 Å². The van der Waals surface area contributed by atoms with Crippen LogP contribution in [-0.2, 0) is 4.74 Å². The van der Waals surface area contributed by atoms with Crippen molar-refractivity contribution in [3.8, 4) is 16.9 Å². The molecule has 1 aliphatic carbocycles. The van der Waals surface area contributed by atoms with Crippen molar-refractivity contribution in [1.29, 1.82) is 0 Å².